The Morgan fingerprint density at radius 1 is 0.898 bits per heavy atom. The summed E-state index contributed by atoms with van der Waals surface area (Å²) in [6.07, 6.45) is 9.96. The van der Waals surface area contributed by atoms with Crippen molar-refractivity contribution in [1.82, 2.24) is 19.5 Å². The fourth-order valence-electron chi connectivity index (χ4n) is 7.55. The number of unbranched alkanes of at least 4 members (excludes halogenated alkanes) is 9. The van der Waals surface area contributed by atoms with Gasteiger partial charge in [-0.2, -0.15) is 4.98 Å². The van der Waals surface area contributed by atoms with Gasteiger partial charge in [0.1, 0.15) is 23.8 Å². The zero-order valence-electron chi connectivity index (χ0n) is 31.4. The minimum absolute atomic E-state index is 0.00992. The smallest absolute Gasteiger partial charge is 0.335 e. The molecule has 2 aromatic heterocycles. The van der Waals surface area contributed by atoms with Crippen molar-refractivity contribution in [1.29, 1.82) is 0 Å². The predicted molar refractivity (Wildman–Crippen MR) is 198 cm³/mol. The van der Waals surface area contributed by atoms with Crippen LogP contribution in [0.5, 0.6) is 0 Å². The summed E-state index contributed by atoms with van der Waals surface area (Å²) in [6.45, 7) is 20.1. The molecule has 14 heteroatoms. The molecule has 2 fully saturated rings. The zero-order valence-corrected chi connectivity index (χ0v) is 33.4. The highest BCUT2D eigenvalue weighted by molar-refractivity contribution is 6.84. The molecule has 0 amide bonds. The fraction of sp³-hybridized carbons (Fsp3) is 0.829. The molecule has 0 bridgehead atoms. The van der Waals surface area contributed by atoms with Crippen LogP contribution >= 0.6 is 0 Å². The number of hydrogen-bond donors (Lipinski definition) is 3. The number of hydrogen-bond acceptors (Lipinski definition) is 10. The molecule has 4 heterocycles. The minimum atomic E-state index is -3.01. The Kier molecular flexibility index (Phi) is 14.2. The van der Waals surface area contributed by atoms with E-state index in [1.54, 1.807) is 0 Å². The molecule has 4 rings (SSSR count). The Balaban J connectivity index is 1.53. The molecule has 0 aromatic carbocycles. The largest absolute Gasteiger partial charge is 0.414 e. The maximum atomic E-state index is 13.6. The molecule has 0 saturated carbocycles. The molecule has 0 radical (unpaired) electrons. The molecule has 2 aromatic rings. The fourth-order valence-corrected chi connectivity index (χ4v) is 18.8. The third-order valence-corrected chi connectivity index (χ3v) is 20.6. The third kappa shape index (κ3) is 8.75. The number of aliphatic hydroxyl groups is 1. The van der Waals surface area contributed by atoms with Gasteiger partial charge in [0.15, 0.2) is 11.7 Å². The topological polar surface area (TPSA) is 150 Å². The Labute approximate surface area is 294 Å². The van der Waals surface area contributed by atoms with Crippen molar-refractivity contribution < 1.29 is 22.8 Å². The summed E-state index contributed by atoms with van der Waals surface area (Å²) >= 11 is 0. The summed E-state index contributed by atoms with van der Waals surface area (Å²) in [7, 11) is -5.83. The summed E-state index contributed by atoms with van der Waals surface area (Å²) in [4.78, 5) is 37.9. The quantitative estimate of drug-likeness (QED) is 0.115. The molecular weight excluding hydrogens is 659 g/mol. The van der Waals surface area contributed by atoms with Crippen molar-refractivity contribution in [3.05, 3.63) is 27.0 Å². The van der Waals surface area contributed by atoms with Crippen molar-refractivity contribution in [2.75, 3.05) is 18.5 Å². The highest BCUT2D eigenvalue weighted by Crippen LogP contribution is 2.48. The van der Waals surface area contributed by atoms with E-state index < -0.39 is 52.8 Å². The number of fused-ring (bicyclic) bond motifs is 2. The van der Waals surface area contributed by atoms with E-state index in [-0.39, 0.29) is 45.8 Å². The summed E-state index contributed by atoms with van der Waals surface area (Å²) in [6, 6.07) is 0. The lowest BCUT2D eigenvalue weighted by Crippen LogP contribution is -2.65. The van der Waals surface area contributed by atoms with E-state index in [0.717, 1.165) is 19.3 Å². The summed E-state index contributed by atoms with van der Waals surface area (Å²) < 4.78 is 29.0. The number of aliphatic hydroxyl groups excluding tert-OH is 1. The Morgan fingerprint density at radius 3 is 2.04 bits per heavy atom. The van der Waals surface area contributed by atoms with Gasteiger partial charge >= 0.3 is 22.7 Å². The van der Waals surface area contributed by atoms with Gasteiger partial charge in [-0.15, -0.1) is 0 Å². The number of aromatic nitrogens is 4. The SMILES string of the molecule is CCCCCCCCCCCCNc1nc(=O)c2ncn([C@@H]3O[C@@H]4CO[Si](C(C)C)(C(C)C)O[Si](C(C)C)(C(C)C)O[C@H]4[C@H]3O)c2c(=O)[nH]1. The van der Waals surface area contributed by atoms with E-state index in [4.69, 9.17) is 17.7 Å². The number of ether oxygens (including phenoxy) is 1. The molecule has 2 saturated heterocycles. The van der Waals surface area contributed by atoms with Crippen LogP contribution in [-0.2, 0) is 17.7 Å². The van der Waals surface area contributed by atoms with Gasteiger partial charge in [-0.3, -0.25) is 19.1 Å². The second kappa shape index (κ2) is 17.5. The molecule has 0 aliphatic carbocycles. The average molecular weight is 722 g/mol. The monoisotopic (exact) mass is 721 g/mol. The highest BCUT2D eigenvalue weighted by atomic mass is 28.5. The molecular formula is C35H63N5O7Si2. The lowest BCUT2D eigenvalue weighted by atomic mass is 10.1. The summed E-state index contributed by atoms with van der Waals surface area (Å²) in [5, 5.41) is 14.9. The van der Waals surface area contributed by atoms with Gasteiger partial charge in [-0.1, -0.05) is 120 Å². The van der Waals surface area contributed by atoms with E-state index >= 15 is 0 Å². The first-order valence-corrected chi connectivity index (χ1v) is 22.8. The number of imidazole rings is 1. The highest BCUT2D eigenvalue weighted by Gasteiger charge is 2.61. The van der Waals surface area contributed by atoms with Crippen molar-refractivity contribution in [3.8, 4) is 0 Å². The Bertz CT molecular complexity index is 1450. The normalized spacial score (nSPS) is 23.8. The summed E-state index contributed by atoms with van der Waals surface area (Å²) in [5.41, 5.74) is -0.828. The van der Waals surface area contributed by atoms with Crippen molar-refractivity contribution in [2.24, 2.45) is 0 Å². The van der Waals surface area contributed by atoms with E-state index in [9.17, 15) is 14.7 Å². The van der Waals surface area contributed by atoms with Gasteiger partial charge in [0.2, 0.25) is 5.95 Å². The lowest BCUT2D eigenvalue weighted by molar-refractivity contribution is -0.0569. The molecule has 49 heavy (non-hydrogen) atoms. The number of anilines is 1. The molecule has 12 nitrogen and oxygen atoms in total. The molecule has 0 spiro atoms. The lowest BCUT2D eigenvalue weighted by Gasteiger charge is -2.51. The van der Waals surface area contributed by atoms with Crippen LogP contribution in [0.2, 0.25) is 22.2 Å². The van der Waals surface area contributed by atoms with Gasteiger partial charge in [0, 0.05) is 6.54 Å². The van der Waals surface area contributed by atoms with Gasteiger partial charge in [-0.05, 0) is 28.6 Å². The number of nitrogens with one attached hydrogen (secondary N) is 2. The molecule has 3 N–H and O–H groups in total. The number of aromatic amines is 1. The van der Waals surface area contributed by atoms with Crippen LogP contribution in [0.1, 0.15) is 133 Å². The summed E-state index contributed by atoms with van der Waals surface area (Å²) in [5.74, 6) is 0.104. The second-order valence-corrected chi connectivity index (χ2v) is 24.1. The predicted octanol–water partition coefficient (Wildman–Crippen LogP) is 7.03. The molecule has 0 unspecified atom stereocenters. The van der Waals surface area contributed by atoms with Gasteiger partial charge in [-0.25, -0.2) is 4.98 Å². The van der Waals surface area contributed by atoms with Gasteiger partial charge in [0.05, 0.1) is 12.9 Å². The second-order valence-electron chi connectivity index (χ2n) is 15.3. The third-order valence-electron chi connectivity index (χ3n) is 10.4. The Morgan fingerprint density at radius 2 is 1.47 bits per heavy atom. The van der Waals surface area contributed by atoms with Crippen molar-refractivity contribution in [2.45, 2.75) is 173 Å². The molecule has 278 valence electrons. The first-order chi connectivity index (χ1) is 23.3. The van der Waals surface area contributed by atoms with Gasteiger partial charge < -0.3 is 28.1 Å². The van der Waals surface area contributed by atoms with Crippen LogP contribution in [0.25, 0.3) is 11.0 Å². The molecule has 4 atom stereocenters. The van der Waals surface area contributed by atoms with E-state index in [1.807, 2.05) is 0 Å². The van der Waals surface area contributed by atoms with Gasteiger partial charge in [0.25, 0.3) is 5.56 Å². The number of nitrogens with zero attached hydrogens (tertiary/aromatic N) is 3. The van der Waals surface area contributed by atoms with Crippen LogP contribution in [0.4, 0.5) is 5.95 Å². The van der Waals surface area contributed by atoms with E-state index in [1.165, 1.54) is 55.8 Å². The van der Waals surface area contributed by atoms with Crippen molar-refractivity contribution >= 4 is 34.1 Å². The van der Waals surface area contributed by atoms with E-state index in [2.05, 4.69) is 82.6 Å². The number of H-pyrrole nitrogens is 1. The molecule has 2 aliphatic rings. The van der Waals surface area contributed by atoms with E-state index in [0.29, 0.717) is 6.54 Å². The zero-order chi connectivity index (χ0) is 35.9. The molecule has 2 aliphatic heterocycles. The van der Waals surface area contributed by atoms with Crippen LogP contribution in [-0.4, -0.2) is 73.2 Å². The Hall–Kier alpha value is -1.95. The van der Waals surface area contributed by atoms with Crippen LogP contribution in [0.3, 0.4) is 0 Å². The van der Waals surface area contributed by atoms with Crippen LogP contribution in [0, 0.1) is 0 Å². The average Bonchev–Trinajstić information content (AvgIpc) is 3.56. The first-order valence-electron chi connectivity index (χ1n) is 18.9. The number of rotatable bonds is 17. The minimum Gasteiger partial charge on any atom is -0.414 e. The van der Waals surface area contributed by atoms with Crippen LogP contribution in [0.15, 0.2) is 15.9 Å². The maximum absolute atomic E-state index is 13.6. The van der Waals surface area contributed by atoms with Crippen LogP contribution < -0.4 is 16.4 Å². The van der Waals surface area contributed by atoms with Crippen molar-refractivity contribution in [3.63, 3.8) is 0 Å². The standard InChI is InChI=1S/C35H63N5O7Si2/c1-10-11-12-13-14-15-16-17-18-19-20-36-35-38-32(42)28-29(33(43)39-35)40(22-37-28)34-30(41)31-27(45-34)21-44-48(23(2)3,24(4)5)47-49(46-31,25(6)7)26(8)9/h22-27,30-31,34,41H,10-21H2,1-9H3,(H2,36,38,39,42,43)/t27-,30-,31-,34-/m1/s1. The first kappa shape index (κ1) is 39.8. The maximum Gasteiger partial charge on any atom is 0.335 e.